The van der Waals surface area contributed by atoms with E-state index >= 15 is 0 Å². The molecular formula is C14H10N2O2. The molecule has 0 saturated heterocycles. The summed E-state index contributed by atoms with van der Waals surface area (Å²) >= 11 is 0. The fourth-order valence-electron chi connectivity index (χ4n) is 1.54. The Hall–Kier alpha value is -2.80. The van der Waals surface area contributed by atoms with Crippen molar-refractivity contribution < 1.29 is 9.90 Å². The summed E-state index contributed by atoms with van der Waals surface area (Å²) in [6.45, 7) is 0. The molecule has 0 heterocycles. The van der Waals surface area contributed by atoms with E-state index in [2.05, 4.69) is 11.4 Å². The summed E-state index contributed by atoms with van der Waals surface area (Å²) in [7, 11) is 0. The Morgan fingerprint density at radius 3 is 2.39 bits per heavy atom. The van der Waals surface area contributed by atoms with Gasteiger partial charge in [-0.25, -0.2) is 4.79 Å². The molecule has 2 aromatic rings. The van der Waals surface area contributed by atoms with E-state index < -0.39 is 5.97 Å². The van der Waals surface area contributed by atoms with Crippen LogP contribution in [0.4, 0.5) is 11.4 Å². The Balaban J connectivity index is 2.24. The van der Waals surface area contributed by atoms with Crippen molar-refractivity contribution in [3.05, 3.63) is 59.7 Å². The van der Waals surface area contributed by atoms with Crippen molar-refractivity contribution in [2.24, 2.45) is 0 Å². The standard InChI is InChI=1S/C14H10N2O2/c15-9-11-3-1-2-4-13(11)16-12-7-5-10(6-8-12)14(17)18/h1-8,16H,(H,17,18). The molecule has 4 nitrogen and oxygen atoms in total. The van der Waals surface area contributed by atoms with Gasteiger partial charge < -0.3 is 10.4 Å². The van der Waals surface area contributed by atoms with Gasteiger partial charge in [-0.3, -0.25) is 0 Å². The van der Waals surface area contributed by atoms with Gasteiger partial charge in [0.2, 0.25) is 0 Å². The first-order valence-electron chi connectivity index (χ1n) is 5.30. The lowest BCUT2D eigenvalue weighted by molar-refractivity contribution is 0.0697. The Morgan fingerprint density at radius 2 is 1.78 bits per heavy atom. The minimum atomic E-state index is -0.959. The van der Waals surface area contributed by atoms with Crippen molar-refractivity contribution in [2.75, 3.05) is 5.32 Å². The number of nitriles is 1. The third kappa shape index (κ3) is 2.47. The summed E-state index contributed by atoms with van der Waals surface area (Å²) in [6.07, 6.45) is 0. The van der Waals surface area contributed by atoms with Crippen molar-refractivity contribution in [1.82, 2.24) is 0 Å². The number of benzene rings is 2. The maximum absolute atomic E-state index is 10.7. The molecule has 0 aliphatic carbocycles. The average Bonchev–Trinajstić information content (AvgIpc) is 2.40. The number of para-hydroxylation sites is 1. The second-order valence-corrected chi connectivity index (χ2v) is 3.66. The highest BCUT2D eigenvalue weighted by molar-refractivity contribution is 5.88. The third-order valence-corrected chi connectivity index (χ3v) is 2.46. The topological polar surface area (TPSA) is 73.1 Å². The molecule has 18 heavy (non-hydrogen) atoms. The molecule has 0 atom stereocenters. The molecule has 0 aliphatic heterocycles. The van der Waals surface area contributed by atoms with Gasteiger partial charge in [0.25, 0.3) is 0 Å². The Labute approximate surface area is 104 Å². The minimum absolute atomic E-state index is 0.231. The van der Waals surface area contributed by atoms with Gasteiger partial charge >= 0.3 is 5.97 Å². The van der Waals surface area contributed by atoms with Gasteiger partial charge in [0, 0.05) is 5.69 Å². The predicted molar refractivity (Wildman–Crippen MR) is 67.8 cm³/mol. The molecule has 0 aliphatic rings. The SMILES string of the molecule is N#Cc1ccccc1Nc1ccc(C(=O)O)cc1. The van der Waals surface area contributed by atoms with Gasteiger partial charge in [-0.2, -0.15) is 5.26 Å². The molecule has 0 amide bonds. The summed E-state index contributed by atoms with van der Waals surface area (Å²) in [5.74, 6) is -0.959. The second kappa shape index (κ2) is 5.02. The number of hydrogen-bond donors (Lipinski definition) is 2. The second-order valence-electron chi connectivity index (χ2n) is 3.66. The summed E-state index contributed by atoms with van der Waals surface area (Å²) in [5.41, 5.74) is 2.21. The lowest BCUT2D eigenvalue weighted by atomic mass is 10.1. The van der Waals surface area contributed by atoms with Crippen LogP contribution in [0, 0.1) is 11.3 Å². The van der Waals surface area contributed by atoms with Crippen LogP contribution >= 0.6 is 0 Å². The van der Waals surface area contributed by atoms with Gasteiger partial charge in [-0.1, -0.05) is 12.1 Å². The third-order valence-electron chi connectivity index (χ3n) is 2.46. The normalized spacial score (nSPS) is 9.50. The molecule has 88 valence electrons. The van der Waals surface area contributed by atoms with Crippen LogP contribution in [0.15, 0.2) is 48.5 Å². The van der Waals surface area contributed by atoms with Crippen molar-refractivity contribution in [3.8, 4) is 6.07 Å². The molecular weight excluding hydrogens is 228 g/mol. The molecule has 2 N–H and O–H groups in total. The van der Waals surface area contributed by atoms with Crippen LogP contribution in [0.2, 0.25) is 0 Å². The monoisotopic (exact) mass is 238 g/mol. The molecule has 0 bridgehead atoms. The van der Waals surface area contributed by atoms with Crippen LogP contribution in [0.1, 0.15) is 15.9 Å². The lowest BCUT2D eigenvalue weighted by Gasteiger charge is -2.07. The molecule has 0 aromatic heterocycles. The highest BCUT2D eigenvalue weighted by Gasteiger charge is 2.03. The molecule has 0 unspecified atom stereocenters. The first-order valence-corrected chi connectivity index (χ1v) is 5.30. The van der Waals surface area contributed by atoms with E-state index in [9.17, 15) is 4.79 Å². The maximum atomic E-state index is 10.7. The summed E-state index contributed by atoms with van der Waals surface area (Å²) < 4.78 is 0. The molecule has 0 radical (unpaired) electrons. The number of nitrogens with zero attached hydrogens (tertiary/aromatic N) is 1. The number of carbonyl (C=O) groups is 1. The number of aromatic carboxylic acids is 1. The lowest BCUT2D eigenvalue weighted by Crippen LogP contribution is -1.97. The number of carboxylic acids is 1. The summed E-state index contributed by atoms with van der Waals surface area (Å²) in [4.78, 5) is 10.7. The maximum Gasteiger partial charge on any atom is 0.335 e. The Bertz CT molecular complexity index is 612. The zero-order valence-electron chi connectivity index (χ0n) is 9.42. The van der Waals surface area contributed by atoms with Crippen LogP contribution < -0.4 is 5.32 Å². The Kier molecular flexibility index (Phi) is 3.26. The zero-order valence-corrected chi connectivity index (χ0v) is 9.42. The van der Waals surface area contributed by atoms with E-state index in [4.69, 9.17) is 10.4 Å². The largest absolute Gasteiger partial charge is 0.478 e. The fourth-order valence-corrected chi connectivity index (χ4v) is 1.54. The fraction of sp³-hybridized carbons (Fsp3) is 0. The molecule has 2 aromatic carbocycles. The van der Waals surface area contributed by atoms with Gasteiger partial charge in [0.15, 0.2) is 0 Å². The highest BCUT2D eigenvalue weighted by atomic mass is 16.4. The van der Waals surface area contributed by atoms with Gasteiger partial charge in [-0.15, -0.1) is 0 Å². The van der Waals surface area contributed by atoms with Crippen molar-refractivity contribution in [3.63, 3.8) is 0 Å². The van der Waals surface area contributed by atoms with E-state index in [0.29, 0.717) is 11.3 Å². The minimum Gasteiger partial charge on any atom is -0.478 e. The summed E-state index contributed by atoms with van der Waals surface area (Å²) in [5, 5.41) is 20.8. The van der Waals surface area contributed by atoms with E-state index in [1.54, 1.807) is 30.3 Å². The van der Waals surface area contributed by atoms with Crippen LogP contribution in [0.25, 0.3) is 0 Å². The van der Waals surface area contributed by atoms with Crippen molar-refractivity contribution >= 4 is 17.3 Å². The smallest absolute Gasteiger partial charge is 0.335 e. The quantitative estimate of drug-likeness (QED) is 0.862. The molecule has 4 heteroatoms. The van der Waals surface area contributed by atoms with E-state index in [0.717, 1.165) is 5.69 Å². The first kappa shape index (κ1) is 11.7. The van der Waals surface area contributed by atoms with E-state index in [1.165, 1.54) is 12.1 Å². The molecule has 0 saturated carbocycles. The summed E-state index contributed by atoms with van der Waals surface area (Å²) in [6, 6.07) is 15.6. The van der Waals surface area contributed by atoms with Crippen LogP contribution in [0.5, 0.6) is 0 Å². The number of hydrogen-bond acceptors (Lipinski definition) is 3. The zero-order chi connectivity index (χ0) is 13.0. The van der Waals surface area contributed by atoms with E-state index in [1.807, 2.05) is 6.07 Å². The number of rotatable bonds is 3. The molecule has 0 spiro atoms. The predicted octanol–water partition coefficient (Wildman–Crippen LogP) is 3.00. The van der Waals surface area contributed by atoms with Crippen LogP contribution in [-0.2, 0) is 0 Å². The van der Waals surface area contributed by atoms with Gasteiger partial charge in [0.05, 0.1) is 16.8 Å². The van der Waals surface area contributed by atoms with E-state index in [-0.39, 0.29) is 5.56 Å². The number of anilines is 2. The number of nitrogens with one attached hydrogen (secondary N) is 1. The van der Waals surface area contributed by atoms with Crippen molar-refractivity contribution in [1.29, 1.82) is 5.26 Å². The molecule has 0 fully saturated rings. The average molecular weight is 238 g/mol. The molecule has 2 rings (SSSR count). The van der Waals surface area contributed by atoms with Crippen LogP contribution in [-0.4, -0.2) is 11.1 Å². The van der Waals surface area contributed by atoms with Gasteiger partial charge in [-0.05, 0) is 36.4 Å². The van der Waals surface area contributed by atoms with Gasteiger partial charge in [0.1, 0.15) is 6.07 Å². The van der Waals surface area contributed by atoms with Crippen molar-refractivity contribution in [2.45, 2.75) is 0 Å². The first-order chi connectivity index (χ1) is 8.70. The Morgan fingerprint density at radius 1 is 1.11 bits per heavy atom. The number of carboxylic acid groups (broad SMARTS) is 1. The van der Waals surface area contributed by atoms with Crippen LogP contribution in [0.3, 0.4) is 0 Å². The highest BCUT2D eigenvalue weighted by Crippen LogP contribution is 2.20.